The lowest BCUT2D eigenvalue weighted by Crippen LogP contribution is -2.53. The van der Waals surface area contributed by atoms with Gasteiger partial charge in [-0.15, -0.1) is 6.58 Å². The van der Waals surface area contributed by atoms with Gasteiger partial charge >= 0.3 is 0 Å². The number of allylic oxidation sites excluding steroid dienone is 3. The molecule has 0 radical (unpaired) electrons. The second-order valence-corrected chi connectivity index (χ2v) is 14.8. The minimum atomic E-state index is -1.48. The summed E-state index contributed by atoms with van der Waals surface area (Å²) in [7, 11) is 0. The van der Waals surface area contributed by atoms with Crippen molar-refractivity contribution in [3.8, 4) is 5.75 Å². The lowest BCUT2D eigenvalue weighted by atomic mass is 9.49. The summed E-state index contributed by atoms with van der Waals surface area (Å²) >= 11 is 6.46. The summed E-state index contributed by atoms with van der Waals surface area (Å²) in [6, 6.07) is 27.3. The number of aryl methyl sites for hydroxylation is 2. The molecule has 9 heteroatoms. The molecular weight excluding hydrogens is 674 g/mol. The number of phenols is 1. The number of carbonyl (C=O) groups is 4. The number of para-hydroxylation sites is 1. The third-order valence-corrected chi connectivity index (χ3v) is 12.0. The highest BCUT2D eigenvalue weighted by Crippen LogP contribution is 2.65. The topological polar surface area (TPSA) is 107 Å². The molecule has 4 aromatic carbocycles. The minimum Gasteiger partial charge on any atom is -0.507 e. The van der Waals surface area contributed by atoms with E-state index in [1.807, 2.05) is 86.7 Å². The molecule has 3 fully saturated rings. The monoisotopic (exact) mass is 711 g/mol. The van der Waals surface area contributed by atoms with Gasteiger partial charge in [0.05, 0.1) is 34.5 Å². The second kappa shape index (κ2) is 12.6. The predicted molar refractivity (Wildman–Crippen MR) is 199 cm³/mol. The standard InChI is InChI=1S/C43H38ClN3O5/c1-4-9-26-10-8-13-32(38(26)48)37-30-20-21-31-36(41(51)46(39(31)49)29-19-16-25(3)35(44)22-29)33(30)23-34-40(50)47(45-28-17-14-24(2)15-18-28)42(52)43(34,37)27-11-6-5-7-12-27/h4-8,10-20,22,31,33-34,36-37,45,48H,1,9,21,23H2,2-3H3/t31-,33+,34-,36-,37+,43+/m0/s1. The molecule has 2 heterocycles. The number of nitrogens with one attached hydrogen (secondary N) is 1. The van der Waals surface area contributed by atoms with E-state index in [9.17, 15) is 19.5 Å². The van der Waals surface area contributed by atoms with Gasteiger partial charge < -0.3 is 5.11 Å². The SMILES string of the molecule is C=CCc1cccc([C@H]2C3=CC[C@@H]4C(=O)N(c5ccc(C)c(Cl)c5)C(=O)[C@@H]4[C@@H]3C[C@H]3C(=O)N(Nc4ccc(C)cc4)C(=O)[C@@]23c2ccccc2)c1O. The smallest absolute Gasteiger partial charge is 0.260 e. The van der Waals surface area contributed by atoms with Crippen LogP contribution in [0.5, 0.6) is 5.75 Å². The fourth-order valence-corrected chi connectivity index (χ4v) is 9.41. The summed E-state index contributed by atoms with van der Waals surface area (Å²) in [6.07, 6.45) is 4.50. The third-order valence-electron chi connectivity index (χ3n) is 11.6. The number of carbonyl (C=O) groups excluding carboxylic acids is 4. The number of amides is 4. The Morgan fingerprint density at radius 1 is 0.904 bits per heavy atom. The average molecular weight is 712 g/mol. The number of rotatable bonds is 7. The van der Waals surface area contributed by atoms with E-state index in [1.165, 1.54) is 4.90 Å². The van der Waals surface area contributed by atoms with E-state index in [2.05, 4.69) is 12.0 Å². The first kappa shape index (κ1) is 33.7. The number of fused-ring (bicyclic) bond motifs is 4. The maximum atomic E-state index is 15.3. The van der Waals surface area contributed by atoms with Crippen LogP contribution in [-0.4, -0.2) is 33.7 Å². The van der Waals surface area contributed by atoms with Crippen LogP contribution >= 0.6 is 11.6 Å². The molecule has 2 N–H and O–H groups in total. The number of hydrogen-bond acceptors (Lipinski definition) is 6. The van der Waals surface area contributed by atoms with Crippen LogP contribution in [0.25, 0.3) is 0 Å². The Hall–Kier alpha value is -5.47. The van der Waals surface area contributed by atoms with E-state index < -0.39 is 46.8 Å². The van der Waals surface area contributed by atoms with E-state index in [0.29, 0.717) is 39.5 Å². The third kappa shape index (κ3) is 4.88. The number of benzene rings is 4. The summed E-state index contributed by atoms with van der Waals surface area (Å²) in [6.45, 7) is 7.68. The Labute approximate surface area is 307 Å². The van der Waals surface area contributed by atoms with Crippen LogP contribution in [0.2, 0.25) is 5.02 Å². The average Bonchev–Trinajstić information content (AvgIpc) is 3.52. The molecule has 52 heavy (non-hydrogen) atoms. The fraction of sp³-hybridized carbons (Fsp3) is 0.256. The molecule has 2 saturated heterocycles. The van der Waals surface area contributed by atoms with Gasteiger partial charge in [0.25, 0.3) is 11.8 Å². The fourth-order valence-electron chi connectivity index (χ4n) is 9.23. The van der Waals surface area contributed by atoms with Gasteiger partial charge in [0, 0.05) is 16.5 Å². The van der Waals surface area contributed by atoms with Crippen molar-refractivity contribution in [3.63, 3.8) is 0 Å². The molecule has 4 aliphatic rings. The van der Waals surface area contributed by atoms with Crippen molar-refractivity contribution in [2.45, 2.75) is 44.4 Å². The van der Waals surface area contributed by atoms with Crippen LogP contribution in [0, 0.1) is 37.5 Å². The molecule has 0 aromatic heterocycles. The Balaban J connectivity index is 1.33. The van der Waals surface area contributed by atoms with Crippen LogP contribution in [0.15, 0.2) is 115 Å². The normalized spacial score (nSPS) is 26.5. The zero-order chi connectivity index (χ0) is 36.5. The summed E-state index contributed by atoms with van der Waals surface area (Å²) in [4.78, 5) is 60.1. The zero-order valence-electron chi connectivity index (χ0n) is 28.9. The highest BCUT2D eigenvalue weighted by atomic mass is 35.5. The van der Waals surface area contributed by atoms with Crippen molar-refractivity contribution < 1.29 is 24.3 Å². The predicted octanol–water partition coefficient (Wildman–Crippen LogP) is 7.58. The number of hydrazine groups is 1. The van der Waals surface area contributed by atoms with Gasteiger partial charge in [-0.1, -0.05) is 102 Å². The van der Waals surface area contributed by atoms with E-state index in [-0.39, 0.29) is 30.4 Å². The lowest BCUT2D eigenvalue weighted by molar-refractivity contribution is -0.138. The molecule has 8 rings (SSSR count). The Bertz CT molecular complexity index is 2200. The van der Waals surface area contributed by atoms with Gasteiger partial charge in [-0.3, -0.25) is 24.6 Å². The summed E-state index contributed by atoms with van der Waals surface area (Å²) in [5.74, 6) is -5.28. The number of aromatic hydroxyl groups is 1. The van der Waals surface area contributed by atoms with Crippen LogP contribution < -0.4 is 10.3 Å². The number of nitrogens with zero attached hydrogens (tertiary/aromatic N) is 2. The Kier molecular flexibility index (Phi) is 8.18. The number of imide groups is 2. The maximum absolute atomic E-state index is 15.3. The Morgan fingerprint density at radius 3 is 2.37 bits per heavy atom. The summed E-state index contributed by atoms with van der Waals surface area (Å²) in [5.41, 5.74) is 6.99. The van der Waals surface area contributed by atoms with Crippen molar-refractivity contribution in [2.75, 3.05) is 10.3 Å². The highest BCUT2D eigenvalue weighted by molar-refractivity contribution is 6.32. The first-order valence-corrected chi connectivity index (χ1v) is 18.0. The lowest BCUT2D eigenvalue weighted by Gasteiger charge is -2.50. The molecule has 0 bridgehead atoms. The first-order chi connectivity index (χ1) is 25.1. The molecule has 4 aromatic rings. The molecule has 0 unspecified atom stereocenters. The summed E-state index contributed by atoms with van der Waals surface area (Å²) < 4.78 is 0. The molecule has 4 amide bonds. The van der Waals surface area contributed by atoms with Crippen LogP contribution in [0.4, 0.5) is 11.4 Å². The highest BCUT2D eigenvalue weighted by Gasteiger charge is 2.70. The quantitative estimate of drug-likeness (QED) is 0.151. The van der Waals surface area contributed by atoms with Gasteiger partial charge in [-0.25, -0.2) is 4.90 Å². The Morgan fingerprint density at radius 2 is 1.65 bits per heavy atom. The van der Waals surface area contributed by atoms with Crippen molar-refractivity contribution in [2.24, 2.45) is 23.7 Å². The minimum absolute atomic E-state index is 0.0140. The van der Waals surface area contributed by atoms with Crippen LogP contribution in [0.3, 0.4) is 0 Å². The largest absolute Gasteiger partial charge is 0.507 e. The van der Waals surface area contributed by atoms with Gasteiger partial charge in [-0.05, 0) is 80.0 Å². The number of halogens is 1. The van der Waals surface area contributed by atoms with Crippen molar-refractivity contribution in [1.82, 2.24) is 5.01 Å². The molecule has 0 spiro atoms. The van der Waals surface area contributed by atoms with Crippen molar-refractivity contribution >= 4 is 46.6 Å². The number of anilines is 2. The van der Waals surface area contributed by atoms with Crippen LogP contribution in [-0.2, 0) is 31.0 Å². The van der Waals surface area contributed by atoms with Crippen LogP contribution in [0.1, 0.15) is 46.6 Å². The van der Waals surface area contributed by atoms with Gasteiger partial charge in [-0.2, -0.15) is 5.01 Å². The molecule has 262 valence electrons. The summed E-state index contributed by atoms with van der Waals surface area (Å²) in [5, 5.41) is 13.6. The number of hydrogen-bond donors (Lipinski definition) is 2. The molecule has 8 nitrogen and oxygen atoms in total. The van der Waals surface area contributed by atoms with Gasteiger partial charge in [0.1, 0.15) is 5.75 Å². The maximum Gasteiger partial charge on any atom is 0.260 e. The molecular formula is C43H38ClN3O5. The first-order valence-electron chi connectivity index (χ1n) is 17.6. The zero-order valence-corrected chi connectivity index (χ0v) is 29.6. The van der Waals surface area contributed by atoms with E-state index in [0.717, 1.165) is 21.7 Å². The molecule has 1 saturated carbocycles. The van der Waals surface area contributed by atoms with Crippen molar-refractivity contribution in [1.29, 1.82) is 0 Å². The van der Waals surface area contributed by atoms with Gasteiger partial charge in [0.2, 0.25) is 11.8 Å². The molecule has 2 aliphatic heterocycles. The van der Waals surface area contributed by atoms with E-state index in [4.69, 9.17) is 11.6 Å². The molecule has 6 atom stereocenters. The molecule has 2 aliphatic carbocycles. The van der Waals surface area contributed by atoms with Gasteiger partial charge in [0.15, 0.2) is 0 Å². The number of phenolic OH excluding ortho intramolecular Hbond substituents is 1. The second-order valence-electron chi connectivity index (χ2n) is 14.4. The van der Waals surface area contributed by atoms with E-state index in [1.54, 1.807) is 30.3 Å². The van der Waals surface area contributed by atoms with E-state index >= 15 is 4.79 Å². The van der Waals surface area contributed by atoms with Crippen molar-refractivity contribution in [3.05, 3.63) is 148 Å².